The first-order valence-electron chi connectivity index (χ1n) is 8.89. The van der Waals surface area contributed by atoms with Gasteiger partial charge in [-0.3, -0.25) is 9.10 Å². The molecule has 2 aromatic rings. The Morgan fingerprint density at radius 3 is 2.46 bits per heavy atom. The third-order valence-corrected chi connectivity index (χ3v) is 6.61. The fourth-order valence-corrected chi connectivity index (χ4v) is 4.60. The Balaban J connectivity index is 1.75. The van der Waals surface area contributed by atoms with Crippen LogP contribution in [-0.2, 0) is 20.6 Å². The summed E-state index contributed by atoms with van der Waals surface area (Å²) in [6.07, 6.45) is 1.90. The van der Waals surface area contributed by atoms with Gasteiger partial charge in [0.1, 0.15) is 6.54 Å². The molecule has 8 heteroatoms. The highest BCUT2D eigenvalue weighted by molar-refractivity contribution is 7.98. The van der Waals surface area contributed by atoms with Crippen LogP contribution in [-0.4, -0.2) is 39.4 Å². The monoisotopic (exact) mass is 440 g/mol. The molecule has 0 radical (unpaired) electrons. The maximum Gasteiger partial charge on any atom is 0.240 e. The van der Waals surface area contributed by atoms with E-state index in [4.69, 9.17) is 11.6 Å². The third kappa shape index (κ3) is 7.37. The van der Waals surface area contributed by atoms with E-state index in [-0.39, 0.29) is 12.5 Å². The van der Waals surface area contributed by atoms with Gasteiger partial charge in [0.05, 0.1) is 11.9 Å². The highest BCUT2D eigenvalue weighted by atomic mass is 35.5. The van der Waals surface area contributed by atoms with E-state index in [1.54, 1.807) is 23.9 Å². The fraction of sp³-hybridized carbons (Fsp3) is 0.350. The molecule has 1 amide bonds. The Labute approximate surface area is 176 Å². The molecule has 152 valence electrons. The quantitative estimate of drug-likeness (QED) is 0.570. The first kappa shape index (κ1) is 22.6. The Morgan fingerprint density at radius 2 is 1.82 bits per heavy atom. The number of aryl methyl sites for hydroxylation is 1. The van der Waals surface area contributed by atoms with Gasteiger partial charge >= 0.3 is 0 Å². The van der Waals surface area contributed by atoms with Crippen molar-refractivity contribution in [2.75, 3.05) is 29.4 Å². The van der Waals surface area contributed by atoms with Gasteiger partial charge in [-0.05, 0) is 42.9 Å². The van der Waals surface area contributed by atoms with Crippen LogP contribution in [0.15, 0.2) is 48.5 Å². The average molecular weight is 441 g/mol. The molecular weight excluding hydrogens is 416 g/mol. The molecule has 1 N–H and O–H groups in total. The van der Waals surface area contributed by atoms with E-state index in [1.807, 2.05) is 43.3 Å². The lowest BCUT2D eigenvalue weighted by Gasteiger charge is -2.22. The van der Waals surface area contributed by atoms with Gasteiger partial charge in [-0.2, -0.15) is 11.8 Å². The second-order valence-electron chi connectivity index (χ2n) is 6.45. The molecule has 0 spiro atoms. The van der Waals surface area contributed by atoms with Crippen molar-refractivity contribution in [1.29, 1.82) is 0 Å². The summed E-state index contributed by atoms with van der Waals surface area (Å²) in [7, 11) is -3.54. The molecule has 0 saturated carbocycles. The zero-order valence-corrected chi connectivity index (χ0v) is 18.4. The molecule has 0 aliphatic carbocycles. The number of rotatable bonds is 10. The average Bonchev–Trinajstić information content (AvgIpc) is 2.64. The highest BCUT2D eigenvalue weighted by Gasteiger charge is 2.20. The lowest BCUT2D eigenvalue weighted by molar-refractivity contribution is -0.119. The molecule has 28 heavy (non-hydrogen) atoms. The van der Waals surface area contributed by atoms with Gasteiger partial charge in [0, 0.05) is 17.3 Å². The summed E-state index contributed by atoms with van der Waals surface area (Å²) in [6.45, 7) is 2.19. The smallest absolute Gasteiger partial charge is 0.240 e. The lowest BCUT2D eigenvalue weighted by atomic mass is 10.2. The second-order valence-corrected chi connectivity index (χ2v) is 9.87. The van der Waals surface area contributed by atoms with Crippen molar-refractivity contribution in [3.8, 4) is 0 Å². The number of anilines is 1. The van der Waals surface area contributed by atoms with Crippen molar-refractivity contribution in [3.05, 3.63) is 64.7 Å². The SMILES string of the molecule is Cc1ccc(N(CC(=O)NCCCSCc2ccccc2Cl)S(C)(=O)=O)cc1. The minimum absolute atomic E-state index is 0.228. The molecule has 0 heterocycles. The number of hydrogen-bond acceptors (Lipinski definition) is 4. The van der Waals surface area contributed by atoms with E-state index in [0.717, 1.165) is 44.6 Å². The second kappa shape index (κ2) is 10.7. The summed E-state index contributed by atoms with van der Waals surface area (Å²) in [5.41, 5.74) is 2.61. The van der Waals surface area contributed by atoms with E-state index in [2.05, 4.69) is 5.32 Å². The number of nitrogens with one attached hydrogen (secondary N) is 1. The maximum atomic E-state index is 12.2. The molecule has 0 aliphatic rings. The number of nitrogens with zero attached hydrogens (tertiary/aromatic N) is 1. The summed E-state index contributed by atoms with van der Waals surface area (Å²) in [5, 5.41) is 3.56. The van der Waals surface area contributed by atoms with Gasteiger partial charge in [0.2, 0.25) is 15.9 Å². The summed E-state index contributed by atoms with van der Waals surface area (Å²) < 4.78 is 25.2. The molecule has 0 aliphatic heterocycles. The first-order chi connectivity index (χ1) is 13.3. The predicted molar refractivity (Wildman–Crippen MR) is 119 cm³/mol. The molecule has 0 saturated heterocycles. The molecule has 0 bridgehead atoms. The summed E-state index contributed by atoms with van der Waals surface area (Å²) in [6, 6.07) is 14.8. The number of benzene rings is 2. The Morgan fingerprint density at radius 1 is 1.14 bits per heavy atom. The predicted octanol–water partition coefficient (Wildman–Crippen LogP) is 3.85. The number of carbonyl (C=O) groups is 1. The molecule has 0 unspecified atom stereocenters. The molecule has 5 nitrogen and oxygen atoms in total. The standard InChI is InChI=1S/C20H25ClN2O3S2/c1-16-8-10-18(11-9-16)23(28(2,25)26)14-20(24)22-12-5-13-27-15-17-6-3-4-7-19(17)21/h3-4,6-11H,5,12-15H2,1-2H3,(H,22,24). The summed E-state index contributed by atoms with van der Waals surface area (Å²) in [5.74, 6) is 1.38. The van der Waals surface area contributed by atoms with Crippen molar-refractivity contribution in [1.82, 2.24) is 5.32 Å². The molecule has 2 aromatic carbocycles. The van der Waals surface area contributed by atoms with Crippen molar-refractivity contribution < 1.29 is 13.2 Å². The van der Waals surface area contributed by atoms with Gasteiger partial charge in [-0.1, -0.05) is 47.5 Å². The van der Waals surface area contributed by atoms with Crippen LogP contribution in [0.4, 0.5) is 5.69 Å². The zero-order chi connectivity index (χ0) is 20.6. The van der Waals surface area contributed by atoms with Crippen LogP contribution in [0, 0.1) is 6.92 Å². The number of amides is 1. The Bertz CT molecular complexity index is 887. The number of hydrogen-bond donors (Lipinski definition) is 1. The van der Waals surface area contributed by atoms with E-state index in [1.165, 1.54) is 0 Å². The molecule has 0 fully saturated rings. The largest absolute Gasteiger partial charge is 0.354 e. The molecule has 0 aromatic heterocycles. The third-order valence-electron chi connectivity index (χ3n) is 4.01. The lowest BCUT2D eigenvalue weighted by Crippen LogP contribution is -2.40. The topological polar surface area (TPSA) is 66.5 Å². The van der Waals surface area contributed by atoms with Crippen molar-refractivity contribution >= 4 is 45.0 Å². The van der Waals surface area contributed by atoms with Crippen LogP contribution in [0.5, 0.6) is 0 Å². The van der Waals surface area contributed by atoms with Crippen molar-refractivity contribution in [2.45, 2.75) is 19.1 Å². The number of halogens is 1. The van der Waals surface area contributed by atoms with E-state index in [0.29, 0.717) is 12.2 Å². The van der Waals surface area contributed by atoms with Gasteiger partial charge in [0.15, 0.2) is 0 Å². The van der Waals surface area contributed by atoms with Crippen molar-refractivity contribution in [2.24, 2.45) is 0 Å². The maximum absolute atomic E-state index is 12.2. The van der Waals surface area contributed by atoms with Gasteiger partial charge < -0.3 is 5.32 Å². The summed E-state index contributed by atoms with van der Waals surface area (Å²) in [4.78, 5) is 12.2. The molecule has 0 atom stereocenters. The van der Waals surface area contributed by atoms with Gasteiger partial charge in [0.25, 0.3) is 0 Å². The van der Waals surface area contributed by atoms with Crippen LogP contribution in [0.1, 0.15) is 17.5 Å². The summed E-state index contributed by atoms with van der Waals surface area (Å²) >= 11 is 7.87. The number of sulfonamides is 1. The van der Waals surface area contributed by atoms with Crippen LogP contribution in [0.25, 0.3) is 0 Å². The minimum Gasteiger partial charge on any atom is -0.354 e. The zero-order valence-electron chi connectivity index (χ0n) is 16.0. The number of carbonyl (C=O) groups excluding carboxylic acids is 1. The van der Waals surface area contributed by atoms with Crippen molar-refractivity contribution in [3.63, 3.8) is 0 Å². The Kier molecular flexibility index (Phi) is 8.66. The number of thioether (sulfide) groups is 1. The van der Waals surface area contributed by atoms with E-state index >= 15 is 0 Å². The minimum atomic E-state index is -3.54. The molecular formula is C20H25ClN2O3S2. The van der Waals surface area contributed by atoms with Gasteiger partial charge in [-0.15, -0.1) is 0 Å². The van der Waals surface area contributed by atoms with Crippen LogP contribution in [0.2, 0.25) is 5.02 Å². The van der Waals surface area contributed by atoms with Crippen LogP contribution in [0.3, 0.4) is 0 Å². The van der Waals surface area contributed by atoms with E-state index in [9.17, 15) is 13.2 Å². The van der Waals surface area contributed by atoms with Crippen LogP contribution >= 0.6 is 23.4 Å². The van der Waals surface area contributed by atoms with E-state index < -0.39 is 10.0 Å². The molecule has 2 rings (SSSR count). The van der Waals surface area contributed by atoms with Gasteiger partial charge in [-0.25, -0.2) is 8.42 Å². The first-order valence-corrected chi connectivity index (χ1v) is 12.3. The van der Waals surface area contributed by atoms with Crippen LogP contribution < -0.4 is 9.62 Å². The normalized spacial score (nSPS) is 11.2. The highest BCUT2D eigenvalue weighted by Crippen LogP contribution is 2.21. The Hall–Kier alpha value is -1.70. The fourth-order valence-electron chi connectivity index (χ4n) is 2.50.